The summed E-state index contributed by atoms with van der Waals surface area (Å²) in [5, 5.41) is 10.8. The van der Waals surface area contributed by atoms with E-state index in [4.69, 9.17) is 4.74 Å². The molecule has 0 aliphatic rings. The van der Waals surface area contributed by atoms with Crippen LogP contribution in [0.1, 0.15) is 32.4 Å². The van der Waals surface area contributed by atoms with Crippen LogP contribution in [0.3, 0.4) is 0 Å². The smallest absolute Gasteiger partial charge is 0.137 e. The van der Waals surface area contributed by atoms with Crippen molar-refractivity contribution in [3.8, 4) is 11.5 Å². The van der Waals surface area contributed by atoms with Crippen LogP contribution in [0.15, 0.2) is 24.3 Å². The molecule has 0 saturated heterocycles. The standard InChI is InChI=1S/C14H17NO2/c1-4-17-11-5-6-12-10(7-11)8-13(16)14(15-12)9(2)3/h5-9,16H,4H2,1-3H3. The summed E-state index contributed by atoms with van der Waals surface area (Å²) in [5.74, 6) is 1.27. The van der Waals surface area contributed by atoms with E-state index < -0.39 is 0 Å². The molecular weight excluding hydrogens is 214 g/mol. The molecule has 0 fully saturated rings. The number of rotatable bonds is 3. The lowest BCUT2D eigenvalue weighted by atomic mass is 10.1. The number of aromatic hydroxyl groups is 1. The first-order chi connectivity index (χ1) is 8.11. The highest BCUT2D eigenvalue weighted by molar-refractivity contribution is 5.82. The lowest BCUT2D eigenvalue weighted by molar-refractivity contribution is 0.340. The molecule has 0 saturated carbocycles. The first-order valence-corrected chi connectivity index (χ1v) is 5.88. The maximum atomic E-state index is 9.90. The monoisotopic (exact) mass is 231 g/mol. The number of fused-ring (bicyclic) bond motifs is 1. The van der Waals surface area contributed by atoms with Crippen LogP contribution in [-0.2, 0) is 0 Å². The van der Waals surface area contributed by atoms with Gasteiger partial charge in [0.05, 0.1) is 17.8 Å². The van der Waals surface area contributed by atoms with Gasteiger partial charge in [0.2, 0.25) is 0 Å². The third-order valence-electron chi connectivity index (χ3n) is 2.65. The van der Waals surface area contributed by atoms with Crippen LogP contribution in [0.25, 0.3) is 10.9 Å². The van der Waals surface area contributed by atoms with Crippen molar-refractivity contribution >= 4 is 10.9 Å². The van der Waals surface area contributed by atoms with E-state index in [-0.39, 0.29) is 11.7 Å². The Kier molecular flexibility index (Phi) is 3.18. The van der Waals surface area contributed by atoms with Gasteiger partial charge in [-0.15, -0.1) is 0 Å². The lowest BCUT2D eigenvalue weighted by Gasteiger charge is -2.10. The SMILES string of the molecule is CCOc1ccc2nc(C(C)C)c(O)cc2c1. The number of aromatic nitrogens is 1. The largest absolute Gasteiger partial charge is 0.506 e. The lowest BCUT2D eigenvalue weighted by Crippen LogP contribution is -1.95. The number of benzene rings is 1. The summed E-state index contributed by atoms with van der Waals surface area (Å²) in [5.41, 5.74) is 1.62. The Morgan fingerprint density at radius 3 is 2.71 bits per heavy atom. The van der Waals surface area contributed by atoms with Gasteiger partial charge in [-0.25, -0.2) is 4.98 Å². The molecule has 1 heterocycles. The zero-order chi connectivity index (χ0) is 12.4. The third-order valence-corrected chi connectivity index (χ3v) is 2.65. The number of nitrogens with zero attached hydrogens (tertiary/aromatic N) is 1. The van der Waals surface area contributed by atoms with E-state index in [0.29, 0.717) is 6.61 Å². The van der Waals surface area contributed by atoms with E-state index in [1.54, 1.807) is 6.07 Å². The number of ether oxygens (including phenoxy) is 1. The first kappa shape index (κ1) is 11.7. The van der Waals surface area contributed by atoms with Crippen molar-refractivity contribution < 1.29 is 9.84 Å². The molecule has 0 spiro atoms. The minimum absolute atomic E-state index is 0.214. The van der Waals surface area contributed by atoms with Crippen LogP contribution in [0.5, 0.6) is 11.5 Å². The quantitative estimate of drug-likeness (QED) is 0.879. The number of hydrogen-bond donors (Lipinski definition) is 1. The molecule has 90 valence electrons. The summed E-state index contributed by atoms with van der Waals surface area (Å²) >= 11 is 0. The van der Waals surface area contributed by atoms with Crippen molar-refractivity contribution in [1.29, 1.82) is 0 Å². The van der Waals surface area contributed by atoms with Gasteiger partial charge in [0.15, 0.2) is 0 Å². The Balaban J connectivity index is 2.54. The molecule has 1 aromatic heterocycles. The minimum Gasteiger partial charge on any atom is -0.506 e. The molecule has 2 rings (SSSR count). The molecule has 3 heteroatoms. The molecule has 17 heavy (non-hydrogen) atoms. The second kappa shape index (κ2) is 4.62. The maximum absolute atomic E-state index is 9.90. The van der Waals surface area contributed by atoms with E-state index in [0.717, 1.165) is 22.3 Å². The predicted octanol–water partition coefficient (Wildman–Crippen LogP) is 3.46. The Hall–Kier alpha value is -1.77. The molecule has 0 atom stereocenters. The van der Waals surface area contributed by atoms with Crippen molar-refractivity contribution in [2.75, 3.05) is 6.61 Å². The van der Waals surface area contributed by atoms with E-state index in [9.17, 15) is 5.11 Å². The first-order valence-electron chi connectivity index (χ1n) is 5.88. The number of pyridine rings is 1. The second-order valence-electron chi connectivity index (χ2n) is 4.33. The van der Waals surface area contributed by atoms with Gasteiger partial charge in [-0.2, -0.15) is 0 Å². The summed E-state index contributed by atoms with van der Waals surface area (Å²) < 4.78 is 5.42. The highest BCUT2D eigenvalue weighted by Crippen LogP contribution is 2.29. The van der Waals surface area contributed by atoms with E-state index in [2.05, 4.69) is 4.98 Å². The zero-order valence-electron chi connectivity index (χ0n) is 10.4. The molecule has 0 aliphatic carbocycles. The average Bonchev–Trinajstić information content (AvgIpc) is 2.28. The van der Waals surface area contributed by atoms with E-state index in [1.807, 2.05) is 39.0 Å². The number of hydrogen-bond acceptors (Lipinski definition) is 3. The Morgan fingerprint density at radius 1 is 1.29 bits per heavy atom. The van der Waals surface area contributed by atoms with Gasteiger partial charge < -0.3 is 9.84 Å². The summed E-state index contributed by atoms with van der Waals surface area (Å²) in [4.78, 5) is 4.47. The molecule has 2 aromatic rings. The van der Waals surface area contributed by atoms with Crippen LogP contribution in [0.2, 0.25) is 0 Å². The highest BCUT2D eigenvalue weighted by Gasteiger charge is 2.09. The molecule has 0 radical (unpaired) electrons. The van der Waals surface area contributed by atoms with Crippen LogP contribution in [0.4, 0.5) is 0 Å². The van der Waals surface area contributed by atoms with Gasteiger partial charge in [-0.3, -0.25) is 0 Å². The Labute approximate surface area is 101 Å². The van der Waals surface area contributed by atoms with Crippen molar-refractivity contribution in [2.45, 2.75) is 26.7 Å². The van der Waals surface area contributed by atoms with Crippen molar-refractivity contribution in [2.24, 2.45) is 0 Å². The van der Waals surface area contributed by atoms with Crippen LogP contribution in [-0.4, -0.2) is 16.7 Å². The van der Waals surface area contributed by atoms with Gasteiger partial charge in [0, 0.05) is 5.39 Å². The molecule has 0 unspecified atom stereocenters. The zero-order valence-corrected chi connectivity index (χ0v) is 10.4. The fourth-order valence-electron chi connectivity index (χ4n) is 1.84. The van der Waals surface area contributed by atoms with E-state index in [1.165, 1.54) is 0 Å². The molecule has 1 N–H and O–H groups in total. The van der Waals surface area contributed by atoms with Crippen molar-refractivity contribution in [3.63, 3.8) is 0 Å². The van der Waals surface area contributed by atoms with Crippen LogP contribution < -0.4 is 4.74 Å². The molecule has 3 nitrogen and oxygen atoms in total. The van der Waals surface area contributed by atoms with Gasteiger partial charge in [-0.1, -0.05) is 13.8 Å². The molecule has 0 aliphatic heterocycles. The molecule has 0 bridgehead atoms. The Bertz CT molecular complexity index is 535. The van der Waals surface area contributed by atoms with Crippen molar-refractivity contribution in [3.05, 3.63) is 30.0 Å². The Morgan fingerprint density at radius 2 is 2.06 bits per heavy atom. The summed E-state index contributed by atoms with van der Waals surface area (Å²) in [6.07, 6.45) is 0. The van der Waals surface area contributed by atoms with E-state index >= 15 is 0 Å². The fraction of sp³-hybridized carbons (Fsp3) is 0.357. The summed E-state index contributed by atoms with van der Waals surface area (Å²) in [6.45, 7) is 6.61. The van der Waals surface area contributed by atoms with Gasteiger partial charge in [-0.05, 0) is 37.1 Å². The molecule has 0 amide bonds. The van der Waals surface area contributed by atoms with Crippen LogP contribution >= 0.6 is 0 Å². The maximum Gasteiger partial charge on any atom is 0.137 e. The molecule has 1 aromatic carbocycles. The second-order valence-corrected chi connectivity index (χ2v) is 4.33. The van der Waals surface area contributed by atoms with Gasteiger partial charge in [0.1, 0.15) is 11.5 Å². The third kappa shape index (κ3) is 2.33. The fourth-order valence-corrected chi connectivity index (χ4v) is 1.84. The topological polar surface area (TPSA) is 42.4 Å². The normalized spacial score (nSPS) is 11.1. The summed E-state index contributed by atoms with van der Waals surface area (Å²) in [6, 6.07) is 7.47. The highest BCUT2D eigenvalue weighted by atomic mass is 16.5. The van der Waals surface area contributed by atoms with Crippen molar-refractivity contribution in [1.82, 2.24) is 4.98 Å². The summed E-state index contributed by atoms with van der Waals surface area (Å²) in [7, 11) is 0. The van der Waals surface area contributed by atoms with Crippen LogP contribution in [0, 0.1) is 0 Å². The molecular formula is C14H17NO2. The minimum atomic E-state index is 0.214. The van der Waals surface area contributed by atoms with Gasteiger partial charge in [0.25, 0.3) is 0 Å². The average molecular weight is 231 g/mol. The van der Waals surface area contributed by atoms with Gasteiger partial charge >= 0.3 is 0 Å². The predicted molar refractivity (Wildman–Crippen MR) is 68.7 cm³/mol.